The third-order valence-corrected chi connectivity index (χ3v) is 4.13. The van der Waals surface area contributed by atoms with Gasteiger partial charge in [-0.15, -0.1) is 0 Å². The van der Waals surface area contributed by atoms with E-state index in [4.69, 9.17) is 11.6 Å². The maximum Gasteiger partial charge on any atom is 0.0574 e. The summed E-state index contributed by atoms with van der Waals surface area (Å²) in [6.07, 6.45) is 0. The molecular weight excluding hydrogens is 310 g/mol. The molecule has 2 aromatic rings. The van der Waals surface area contributed by atoms with Crippen LogP contribution in [-0.2, 0) is 0 Å². The Morgan fingerprint density at radius 3 is 2.22 bits per heavy atom. The van der Waals surface area contributed by atoms with Gasteiger partial charge in [-0.2, -0.15) is 0 Å². The van der Waals surface area contributed by atoms with E-state index in [0.29, 0.717) is 0 Å². The summed E-state index contributed by atoms with van der Waals surface area (Å²) in [6.45, 7) is 2.09. The van der Waals surface area contributed by atoms with Gasteiger partial charge in [0.25, 0.3) is 0 Å². The zero-order chi connectivity index (χ0) is 13.1. The number of hydrogen-bond donors (Lipinski definition) is 1. The van der Waals surface area contributed by atoms with Crippen molar-refractivity contribution in [2.45, 2.75) is 13.0 Å². The zero-order valence-electron chi connectivity index (χ0n) is 10.4. The molecule has 0 bridgehead atoms. The average Bonchev–Trinajstić information content (AvgIpc) is 2.37. The minimum Gasteiger partial charge on any atom is -0.309 e. The minimum absolute atomic E-state index is 0.180. The topological polar surface area (TPSA) is 12.0 Å². The largest absolute Gasteiger partial charge is 0.309 e. The van der Waals surface area contributed by atoms with Gasteiger partial charge in [0.2, 0.25) is 0 Å². The Bertz CT molecular complexity index is 537. The van der Waals surface area contributed by atoms with Crippen LogP contribution in [-0.4, -0.2) is 7.05 Å². The lowest BCUT2D eigenvalue weighted by atomic mass is 9.98. The van der Waals surface area contributed by atoms with Gasteiger partial charge in [0, 0.05) is 9.50 Å². The summed E-state index contributed by atoms with van der Waals surface area (Å²) in [6, 6.07) is 14.6. The summed E-state index contributed by atoms with van der Waals surface area (Å²) in [4.78, 5) is 0. The molecule has 0 aliphatic carbocycles. The van der Waals surface area contributed by atoms with Gasteiger partial charge in [-0.25, -0.2) is 0 Å². The van der Waals surface area contributed by atoms with Crippen molar-refractivity contribution in [3.8, 4) is 0 Å². The number of rotatable bonds is 3. The lowest BCUT2D eigenvalue weighted by Crippen LogP contribution is -2.17. The first-order valence-electron chi connectivity index (χ1n) is 5.80. The van der Waals surface area contributed by atoms with Crippen LogP contribution in [0.25, 0.3) is 0 Å². The predicted octanol–water partition coefficient (Wildman–Crippen LogP) is 4.72. The molecule has 3 heteroatoms. The van der Waals surface area contributed by atoms with E-state index in [2.05, 4.69) is 58.5 Å². The van der Waals surface area contributed by atoms with E-state index in [1.807, 2.05) is 19.2 Å². The number of hydrogen-bond acceptors (Lipinski definition) is 1. The molecule has 2 aromatic carbocycles. The van der Waals surface area contributed by atoms with Crippen LogP contribution < -0.4 is 5.32 Å². The van der Waals surface area contributed by atoms with Gasteiger partial charge >= 0.3 is 0 Å². The fraction of sp³-hybridized carbons (Fsp3) is 0.200. The van der Waals surface area contributed by atoms with Gasteiger partial charge in [-0.1, -0.05) is 51.8 Å². The highest BCUT2D eigenvalue weighted by atomic mass is 79.9. The molecule has 0 aliphatic rings. The van der Waals surface area contributed by atoms with Crippen molar-refractivity contribution in [3.05, 3.63) is 68.7 Å². The number of halogens is 2. The van der Waals surface area contributed by atoms with Crippen LogP contribution >= 0.6 is 27.5 Å². The molecule has 0 fully saturated rings. The predicted molar refractivity (Wildman–Crippen MR) is 81.2 cm³/mol. The number of nitrogens with one attached hydrogen (secondary N) is 1. The van der Waals surface area contributed by atoms with E-state index in [-0.39, 0.29) is 6.04 Å². The molecule has 94 valence electrons. The van der Waals surface area contributed by atoms with Crippen LogP contribution in [0.3, 0.4) is 0 Å². The molecule has 0 saturated heterocycles. The highest BCUT2D eigenvalue weighted by Gasteiger charge is 2.12. The first-order valence-corrected chi connectivity index (χ1v) is 6.97. The summed E-state index contributed by atoms with van der Waals surface area (Å²) < 4.78 is 1.13. The van der Waals surface area contributed by atoms with Crippen molar-refractivity contribution in [2.24, 2.45) is 0 Å². The van der Waals surface area contributed by atoms with Crippen molar-refractivity contribution in [1.29, 1.82) is 0 Å². The molecule has 0 radical (unpaired) electrons. The molecule has 18 heavy (non-hydrogen) atoms. The highest BCUT2D eigenvalue weighted by Crippen LogP contribution is 2.27. The molecule has 1 atom stereocenters. The third-order valence-electron chi connectivity index (χ3n) is 3.02. The van der Waals surface area contributed by atoms with Gasteiger partial charge in [0.1, 0.15) is 0 Å². The van der Waals surface area contributed by atoms with Crippen LogP contribution in [0.5, 0.6) is 0 Å². The Balaban J connectivity index is 2.38. The fourth-order valence-corrected chi connectivity index (χ4v) is 2.49. The zero-order valence-corrected chi connectivity index (χ0v) is 12.7. The molecule has 1 N–H and O–H groups in total. The van der Waals surface area contributed by atoms with E-state index in [1.54, 1.807) is 0 Å². The van der Waals surface area contributed by atoms with Gasteiger partial charge in [-0.05, 0) is 48.9 Å². The Kier molecular flexibility index (Phi) is 4.44. The molecular formula is C15H15BrClN. The second-order valence-electron chi connectivity index (χ2n) is 4.28. The van der Waals surface area contributed by atoms with E-state index in [1.165, 1.54) is 16.7 Å². The van der Waals surface area contributed by atoms with Crippen molar-refractivity contribution in [3.63, 3.8) is 0 Å². The first-order chi connectivity index (χ1) is 8.61. The Labute approximate surface area is 121 Å². The van der Waals surface area contributed by atoms with Crippen molar-refractivity contribution in [1.82, 2.24) is 5.32 Å². The van der Waals surface area contributed by atoms with E-state index >= 15 is 0 Å². The van der Waals surface area contributed by atoms with Crippen molar-refractivity contribution < 1.29 is 0 Å². The number of benzene rings is 2. The van der Waals surface area contributed by atoms with Crippen LogP contribution in [0, 0.1) is 6.92 Å². The van der Waals surface area contributed by atoms with Gasteiger partial charge < -0.3 is 5.32 Å². The lowest BCUT2D eigenvalue weighted by Gasteiger charge is -2.18. The summed E-state index contributed by atoms with van der Waals surface area (Å²) >= 11 is 9.50. The maximum atomic E-state index is 5.92. The standard InChI is InChI=1S/C15H15BrClN/c1-10-3-4-12(9-14(10)16)15(18-2)11-5-7-13(17)8-6-11/h3-9,15,18H,1-2H3. The first kappa shape index (κ1) is 13.6. The minimum atomic E-state index is 0.180. The van der Waals surface area contributed by atoms with Gasteiger partial charge in [0.05, 0.1) is 6.04 Å². The monoisotopic (exact) mass is 323 g/mol. The molecule has 0 aliphatic heterocycles. The Hall–Kier alpha value is -0.830. The lowest BCUT2D eigenvalue weighted by molar-refractivity contribution is 0.691. The van der Waals surface area contributed by atoms with Crippen LogP contribution in [0.1, 0.15) is 22.7 Å². The molecule has 0 spiro atoms. The van der Waals surface area contributed by atoms with Crippen LogP contribution in [0.15, 0.2) is 46.9 Å². The summed E-state index contributed by atoms with van der Waals surface area (Å²) in [7, 11) is 1.97. The molecule has 0 saturated carbocycles. The van der Waals surface area contributed by atoms with Crippen molar-refractivity contribution >= 4 is 27.5 Å². The molecule has 0 amide bonds. The Morgan fingerprint density at radius 2 is 1.67 bits per heavy atom. The quantitative estimate of drug-likeness (QED) is 0.861. The molecule has 0 heterocycles. The molecule has 1 unspecified atom stereocenters. The molecule has 1 nitrogen and oxygen atoms in total. The summed E-state index contributed by atoms with van der Waals surface area (Å²) in [5, 5.41) is 4.10. The molecule has 2 rings (SSSR count). The van der Waals surface area contributed by atoms with E-state index in [0.717, 1.165) is 9.50 Å². The summed E-state index contributed by atoms with van der Waals surface area (Å²) in [5.41, 5.74) is 3.68. The van der Waals surface area contributed by atoms with Crippen LogP contribution in [0.2, 0.25) is 5.02 Å². The summed E-state index contributed by atoms with van der Waals surface area (Å²) in [5.74, 6) is 0. The highest BCUT2D eigenvalue weighted by molar-refractivity contribution is 9.10. The average molecular weight is 325 g/mol. The third kappa shape index (κ3) is 2.94. The van der Waals surface area contributed by atoms with Crippen LogP contribution in [0.4, 0.5) is 0 Å². The smallest absolute Gasteiger partial charge is 0.0574 e. The fourth-order valence-electron chi connectivity index (χ4n) is 1.97. The van der Waals surface area contributed by atoms with E-state index in [9.17, 15) is 0 Å². The normalized spacial score (nSPS) is 12.4. The second-order valence-corrected chi connectivity index (χ2v) is 5.57. The maximum absolute atomic E-state index is 5.92. The van der Waals surface area contributed by atoms with Crippen molar-refractivity contribution in [2.75, 3.05) is 7.05 Å². The SMILES string of the molecule is CNC(c1ccc(Cl)cc1)c1ccc(C)c(Br)c1. The van der Waals surface area contributed by atoms with Gasteiger partial charge in [-0.3, -0.25) is 0 Å². The second kappa shape index (κ2) is 5.87. The van der Waals surface area contributed by atoms with Gasteiger partial charge in [0.15, 0.2) is 0 Å². The molecule has 0 aromatic heterocycles. The number of aryl methyl sites for hydroxylation is 1. The Morgan fingerprint density at radius 1 is 1.06 bits per heavy atom. The van der Waals surface area contributed by atoms with E-state index < -0.39 is 0 Å².